The molecule has 4 saturated carbocycles. The van der Waals surface area contributed by atoms with Crippen LogP contribution in [0.4, 0.5) is 0 Å². The highest BCUT2D eigenvalue weighted by molar-refractivity contribution is 6.17. The van der Waals surface area contributed by atoms with Gasteiger partial charge in [0, 0.05) is 24.9 Å². The number of aliphatic hydroxyl groups is 2. The number of ether oxygens (including phenoxy) is 1. The summed E-state index contributed by atoms with van der Waals surface area (Å²) in [6, 6.07) is 13.3. The van der Waals surface area contributed by atoms with Crippen LogP contribution in [0.3, 0.4) is 0 Å². The summed E-state index contributed by atoms with van der Waals surface area (Å²) in [5, 5.41) is 45.2. The molecule has 48 heavy (non-hydrogen) atoms. The van der Waals surface area contributed by atoms with Gasteiger partial charge in [0.05, 0.1) is 35.2 Å². The number of aromatic nitrogens is 3. The Morgan fingerprint density at radius 2 is 1.79 bits per heavy atom. The third-order valence-electron chi connectivity index (χ3n) is 13.4. The zero-order valence-corrected chi connectivity index (χ0v) is 28.1. The normalized spacial score (nSPS) is 40.1. The molecule has 4 fully saturated rings. The number of aliphatic hydroxyl groups excluding tert-OH is 2. The molecule has 0 saturated heterocycles. The van der Waals surface area contributed by atoms with Crippen LogP contribution in [0, 0.1) is 28.6 Å². The van der Waals surface area contributed by atoms with Crippen molar-refractivity contribution in [2.75, 3.05) is 0 Å². The molecule has 11 heteroatoms. The van der Waals surface area contributed by atoms with Crippen molar-refractivity contribution in [1.29, 1.82) is 0 Å². The topological polar surface area (TPSA) is 187 Å². The highest BCUT2D eigenvalue weighted by Crippen LogP contribution is 2.71. The van der Waals surface area contributed by atoms with Crippen molar-refractivity contribution in [2.24, 2.45) is 40.1 Å². The maximum Gasteiger partial charge on any atom is 0.336 e. The van der Waals surface area contributed by atoms with Gasteiger partial charge in [-0.1, -0.05) is 55.5 Å². The van der Waals surface area contributed by atoms with E-state index in [1.165, 1.54) is 6.92 Å². The first-order valence-corrected chi connectivity index (χ1v) is 17.1. The Bertz CT molecular complexity index is 1820. The van der Waals surface area contributed by atoms with E-state index in [0.29, 0.717) is 48.9 Å². The van der Waals surface area contributed by atoms with Crippen LogP contribution in [0.25, 0.3) is 16.3 Å². The van der Waals surface area contributed by atoms with Crippen molar-refractivity contribution in [3.8, 4) is 0 Å². The molecular formula is C37H47N5O6. The lowest BCUT2D eigenvalue weighted by molar-refractivity contribution is -0.221. The fourth-order valence-corrected chi connectivity index (χ4v) is 11.2. The number of carbonyl (C=O) groups excluding carboxylic acids is 1. The van der Waals surface area contributed by atoms with E-state index in [1.807, 2.05) is 49.5 Å². The van der Waals surface area contributed by atoms with Gasteiger partial charge in [0.1, 0.15) is 6.10 Å². The van der Waals surface area contributed by atoms with Crippen molar-refractivity contribution in [3.63, 3.8) is 0 Å². The van der Waals surface area contributed by atoms with Gasteiger partial charge in [-0.2, -0.15) is 0 Å². The van der Waals surface area contributed by atoms with Gasteiger partial charge in [0.25, 0.3) is 0 Å². The van der Waals surface area contributed by atoms with Gasteiger partial charge >= 0.3 is 11.9 Å². The van der Waals surface area contributed by atoms with Crippen LogP contribution in [0.2, 0.25) is 0 Å². The third kappa shape index (κ3) is 4.47. The number of carbonyl (C=O) groups is 2. The fraction of sp³-hybridized carbons (Fsp3) is 0.568. The lowest BCUT2D eigenvalue weighted by atomic mass is 9.38. The molecule has 7 rings (SSSR count). The number of esters is 1. The Morgan fingerprint density at radius 1 is 1.06 bits per heavy atom. The number of benzene rings is 2. The molecular weight excluding hydrogens is 610 g/mol. The summed E-state index contributed by atoms with van der Waals surface area (Å²) in [7, 11) is 0. The van der Waals surface area contributed by atoms with Crippen LogP contribution in [-0.2, 0) is 26.4 Å². The molecule has 0 spiro atoms. The molecule has 0 amide bonds. The summed E-state index contributed by atoms with van der Waals surface area (Å²) >= 11 is 0. The standard InChI is InChI=1S/C37H47N5O6/c1-20(43)48-27-17-35(3)25(31(27)30(33(46)47)23-10-9-21-7-5-6-8-22(21)15-23)16-26(44)32-34(2)13-12-29(45)36(4,28(34)11-14-37(32,35)39)42-19-24(18-38)40-41-42/h5-10,15,19,25-29,32,44-45H,11-14,16-18,38-39H2,1-4H3,(H,46,47)/b31-30-/t25-,26+,27-,28+,29+,32-,34-,35-,36+,37+/m0/s1. The summed E-state index contributed by atoms with van der Waals surface area (Å²) in [4.78, 5) is 25.8. The monoisotopic (exact) mass is 657 g/mol. The van der Waals surface area contributed by atoms with E-state index in [-0.39, 0.29) is 30.4 Å². The number of carboxylic acid groups (broad SMARTS) is 1. The molecule has 7 N–H and O–H groups in total. The summed E-state index contributed by atoms with van der Waals surface area (Å²) in [6.45, 7) is 7.89. The van der Waals surface area contributed by atoms with Gasteiger partial charge in [0.15, 0.2) is 0 Å². The summed E-state index contributed by atoms with van der Waals surface area (Å²) in [5.74, 6) is -2.52. The van der Waals surface area contributed by atoms with Crippen LogP contribution in [0.15, 0.2) is 54.2 Å². The van der Waals surface area contributed by atoms with Crippen LogP contribution >= 0.6 is 0 Å². The van der Waals surface area contributed by atoms with Gasteiger partial charge in [-0.3, -0.25) is 4.79 Å². The molecule has 256 valence electrons. The SMILES string of the molecule is CC(=O)O[C@H]1C[C@@]2(C)[C@@H](C[C@@H](O)[C@H]3[C@@]4(C)CC[C@@H](O)[C@](C)(n5cc(CN)nn5)[C@@H]4CC[C@@]32N)/C1=C(/C(=O)O)c1ccc2ccccc2c1. The molecule has 0 aliphatic heterocycles. The molecule has 4 aliphatic carbocycles. The van der Waals surface area contributed by atoms with Crippen molar-refractivity contribution in [2.45, 2.75) is 102 Å². The van der Waals surface area contributed by atoms with Crippen LogP contribution in [0.1, 0.15) is 77.5 Å². The quantitative estimate of drug-likeness (QED) is 0.200. The molecule has 1 aromatic heterocycles. The molecule has 4 aliphatic rings. The Balaban J connectivity index is 1.36. The van der Waals surface area contributed by atoms with E-state index < -0.39 is 58.1 Å². The summed E-state index contributed by atoms with van der Waals surface area (Å²) in [5.41, 5.74) is 12.4. The molecule has 3 aromatic rings. The molecule has 0 bridgehead atoms. The van der Waals surface area contributed by atoms with E-state index in [0.717, 1.165) is 10.8 Å². The Labute approximate surface area is 280 Å². The highest BCUT2D eigenvalue weighted by atomic mass is 16.5. The van der Waals surface area contributed by atoms with E-state index in [9.17, 15) is 24.9 Å². The molecule has 2 aromatic carbocycles. The van der Waals surface area contributed by atoms with Gasteiger partial charge in [-0.15, -0.1) is 5.10 Å². The number of carboxylic acids is 1. The van der Waals surface area contributed by atoms with Crippen molar-refractivity contribution < 1.29 is 29.6 Å². The molecule has 1 heterocycles. The molecule has 10 atom stereocenters. The first-order valence-electron chi connectivity index (χ1n) is 17.1. The zero-order valence-electron chi connectivity index (χ0n) is 28.1. The second-order valence-electron chi connectivity index (χ2n) is 15.5. The maximum atomic E-state index is 13.2. The first-order chi connectivity index (χ1) is 22.7. The lowest BCUT2D eigenvalue weighted by Crippen LogP contribution is -2.76. The van der Waals surface area contributed by atoms with Crippen molar-refractivity contribution in [3.05, 3.63) is 65.5 Å². The number of rotatable bonds is 5. The predicted octanol–water partition coefficient (Wildman–Crippen LogP) is 3.75. The average molecular weight is 658 g/mol. The zero-order chi connectivity index (χ0) is 34.4. The smallest absolute Gasteiger partial charge is 0.336 e. The Kier molecular flexibility index (Phi) is 7.67. The number of aliphatic carboxylic acids is 1. The highest BCUT2D eigenvalue weighted by Gasteiger charge is 2.73. The second kappa shape index (κ2) is 11.2. The average Bonchev–Trinajstić information content (AvgIpc) is 3.63. The van der Waals surface area contributed by atoms with Gasteiger partial charge in [-0.05, 0) is 96.1 Å². The molecule has 0 radical (unpaired) electrons. The largest absolute Gasteiger partial charge is 0.478 e. The molecule has 11 nitrogen and oxygen atoms in total. The number of fused-ring (bicyclic) bond motifs is 6. The summed E-state index contributed by atoms with van der Waals surface area (Å²) < 4.78 is 7.74. The van der Waals surface area contributed by atoms with Gasteiger partial charge in [-0.25, -0.2) is 9.48 Å². The Hall–Kier alpha value is -3.64. The second-order valence-corrected chi connectivity index (χ2v) is 15.5. The van der Waals surface area contributed by atoms with E-state index in [1.54, 1.807) is 10.7 Å². The number of hydrogen-bond acceptors (Lipinski definition) is 9. The Morgan fingerprint density at radius 3 is 2.46 bits per heavy atom. The molecule has 0 unspecified atom stereocenters. The lowest BCUT2D eigenvalue weighted by Gasteiger charge is -2.69. The van der Waals surface area contributed by atoms with Crippen LogP contribution in [0.5, 0.6) is 0 Å². The van der Waals surface area contributed by atoms with Crippen LogP contribution in [-0.4, -0.2) is 66.1 Å². The minimum atomic E-state index is -1.11. The maximum absolute atomic E-state index is 13.2. The minimum Gasteiger partial charge on any atom is -0.478 e. The number of nitrogens with zero attached hydrogens (tertiary/aromatic N) is 3. The van der Waals surface area contributed by atoms with E-state index in [2.05, 4.69) is 24.2 Å². The van der Waals surface area contributed by atoms with Crippen molar-refractivity contribution in [1.82, 2.24) is 15.0 Å². The van der Waals surface area contributed by atoms with E-state index >= 15 is 0 Å². The predicted molar refractivity (Wildman–Crippen MR) is 179 cm³/mol. The third-order valence-corrected chi connectivity index (χ3v) is 13.4. The number of nitrogens with two attached hydrogens (primary N) is 2. The minimum absolute atomic E-state index is 0.0922. The summed E-state index contributed by atoms with van der Waals surface area (Å²) in [6.07, 6.45) is 2.40. The fourth-order valence-electron chi connectivity index (χ4n) is 11.2. The van der Waals surface area contributed by atoms with E-state index in [4.69, 9.17) is 16.2 Å². The number of hydrogen-bond donors (Lipinski definition) is 5. The van der Waals surface area contributed by atoms with Gasteiger partial charge < -0.3 is 31.5 Å². The first kappa shape index (κ1) is 32.9. The van der Waals surface area contributed by atoms with Gasteiger partial charge in [0.2, 0.25) is 0 Å². The van der Waals surface area contributed by atoms with Crippen molar-refractivity contribution >= 4 is 28.3 Å². The van der Waals surface area contributed by atoms with Crippen LogP contribution < -0.4 is 11.5 Å².